The van der Waals surface area contributed by atoms with Gasteiger partial charge in [-0.05, 0) is 81.2 Å². The highest BCUT2D eigenvalue weighted by molar-refractivity contribution is 5.77. The molecule has 1 saturated carbocycles. The van der Waals surface area contributed by atoms with E-state index in [1.165, 1.54) is 58.2 Å². The molecule has 150 valence electrons. The van der Waals surface area contributed by atoms with Crippen molar-refractivity contribution in [3.63, 3.8) is 0 Å². The summed E-state index contributed by atoms with van der Waals surface area (Å²) in [5.74, 6) is 1.93. The van der Waals surface area contributed by atoms with Crippen molar-refractivity contribution in [1.82, 2.24) is 0 Å². The predicted molar refractivity (Wildman–Crippen MR) is 128 cm³/mol. The molecule has 3 aliphatic rings. The standard InChI is InChI=1S/C31H26/c1-2-12-27-24(11-1)22-9-3-7-20(18-22)17-21-8-4-10-23(19-21)25-13-5-15-28-26-14-6-16-29(26)31(27)30(25)28/h1-5,7-13,15,18-19,26,29,31H,6,14,16-17H2. The zero-order valence-corrected chi connectivity index (χ0v) is 17.7. The first-order chi connectivity index (χ1) is 15.4. The van der Waals surface area contributed by atoms with Crippen molar-refractivity contribution >= 4 is 0 Å². The summed E-state index contributed by atoms with van der Waals surface area (Å²) in [5.41, 5.74) is 13.2. The van der Waals surface area contributed by atoms with Gasteiger partial charge in [-0.25, -0.2) is 0 Å². The van der Waals surface area contributed by atoms with Crippen LogP contribution in [0.15, 0.2) is 91.0 Å². The third kappa shape index (κ3) is 2.61. The number of fused-ring (bicyclic) bond motifs is 11. The molecule has 3 unspecified atom stereocenters. The smallest absolute Gasteiger partial charge is 0.0139 e. The van der Waals surface area contributed by atoms with Gasteiger partial charge >= 0.3 is 0 Å². The molecule has 0 nitrogen and oxygen atoms in total. The van der Waals surface area contributed by atoms with Gasteiger partial charge in [-0.2, -0.15) is 0 Å². The van der Waals surface area contributed by atoms with Gasteiger partial charge < -0.3 is 0 Å². The Bertz CT molecular complexity index is 1310. The third-order valence-corrected chi connectivity index (χ3v) is 8.03. The first-order valence-corrected chi connectivity index (χ1v) is 11.8. The molecule has 7 rings (SSSR count). The van der Waals surface area contributed by atoms with Crippen LogP contribution in [0.3, 0.4) is 0 Å². The molecule has 0 aromatic heterocycles. The molecule has 0 radical (unpaired) electrons. The van der Waals surface area contributed by atoms with E-state index in [4.69, 9.17) is 0 Å². The van der Waals surface area contributed by atoms with Crippen molar-refractivity contribution in [1.29, 1.82) is 0 Å². The molecule has 0 spiro atoms. The monoisotopic (exact) mass is 398 g/mol. The van der Waals surface area contributed by atoms with Crippen LogP contribution in [0, 0.1) is 5.92 Å². The minimum Gasteiger partial charge on any atom is -0.0619 e. The van der Waals surface area contributed by atoms with Gasteiger partial charge in [-0.15, -0.1) is 0 Å². The molecular formula is C31H26. The second kappa shape index (κ2) is 6.69. The largest absolute Gasteiger partial charge is 0.0619 e. The van der Waals surface area contributed by atoms with E-state index in [1.807, 2.05) is 0 Å². The summed E-state index contributed by atoms with van der Waals surface area (Å²) in [6, 6.07) is 34.9. The van der Waals surface area contributed by atoms with Crippen LogP contribution in [0.1, 0.15) is 58.9 Å². The fraction of sp³-hybridized carbons (Fsp3) is 0.226. The molecule has 4 aromatic rings. The van der Waals surface area contributed by atoms with E-state index in [0.717, 1.165) is 12.3 Å². The Morgan fingerprint density at radius 2 is 1.26 bits per heavy atom. The lowest BCUT2D eigenvalue weighted by Crippen LogP contribution is -2.10. The van der Waals surface area contributed by atoms with Crippen LogP contribution < -0.4 is 0 Å². The molecule has 4 aromatic carbocycles. The summed E-state index contributed by atoms with van der Waals surface area (Å²) in [7, 11) is 0. The average Bonchev–Trinajstić information content (AvgIpc) is 3.40. The van der Waals surface area contributed by atoms with E-state index in [2.05, 4.69) is 91.0 Å². The Morgan fingerprint density at radius 3 is 2.10 bits per heavy atom. The Morgan fingerprint density at radius 1 is 0.581 bits per heavy atom. The predicted octanol–water partition coefficient (Wildman–Crippen LogP) is 7.95. The van der Waals surface area contributed by atoms with Gasteiger partial charge in [0.25, 0.3) is 0 Å². The van der Waals surface area contributed by atoms with Gasteiger partial charge in [0.15, 0.2) is 0 Å². The van der Waals surface area contributed by atoms with Crippen molar-refractivity contribution in [2.24, 2.45) is 5.92 Å². The zero-order valence-electron chi connectivity index (χ0n) is 17.7. The summed E-state index contributed by atoms with van der Waals surface area (Å²) < 4.78 is 0. The summed E-state index contributed by atoms with van der Waals surface area (Å²) in [4.78, 5) is 0. The Labute approximate surface area is 184 Å². The molecule has 4 bridgehead atoms. The highest BCUT2D eigenvalue weighted by Crippen LogP contribution is 2.60. The van der Waals surface area contributed by atoms with Gasteiger partial charge in [0.2, 0.25) is 0 Å². The molecule has 0 aliphatic heterocycles. The molecule has 0 heterocycles. The highest BCUT2D eigenvalue weighted by atomic mass is 14.5. The molecule has 3 aliphatic carbocycles. The van der Waals surface area contributed by atoms with E-state index in [1.54, 1.807) is 11.1 Å². The lowest BCUT2D eigenvalue weighted by molar-refractivity contribution is 0.477. The van der Waals surface area contributed by atoms with E-state index >= 15 is 0 Å². The first kappa shape index (κ1) is 17.5. The van der Waals surface area contributed by atoms with Gasteiger partial charge in [-0.3, -0.25) is 0 Å². The fourth-order valence-electron chi connectivity index (χ4n) is 6.84. The summed E-state index contributed by atoms with van der Waals surface area (Å²) in [5, 5.41) is 0. The first-order valence-electron chi connectivity index (χ1n) is 11.8. The van der Waals surface area contributed by atoms with Gasteiger partial charge in [0.05, 0.1) is 0 Å². The molecule has 0 heteroatoms. The molecule has 31 heavy (non-hydrogen) atoms. The van der Waals surface area contributed by atoms with Crippen LogP contribution >= 0.6 is 0 Å². The summed E-state index contributed by atoms with van der Waals surface area (Å²) in [6.07, 6.45) is 5.03. The van der Waals surface area contributed by atoms with E-state index in [0.29, 0.717) is 11.8 Å². The topological polar surface area (TPSA) is 0 Å². The Balaban J connectivity index is 1.59. The maximum atomic E-state index is 2.43. The summed E-state index contributed by atoms with van der Waals surface area (Å²) in [6.45, 7) is 0. The minimum absolute atomic E-state index is 0.488. The van der Waals surface area contributed by atoms with Gasteiger partial charge in [-0.1, -0.05) is 97.4 Å². The quantitative estimate of drug-likeness (QED) is 0.282. The van der Waals surface area contributed by atoms with Gasteiger partial charge in [0, 0.05) is 5.92 Å². The normalized spacial score (nSPS) is 22.6. The number of hydrogen-bond donors (Lipinski definition) is 0. The minimum atomic E-state index is 0.488. The summed E-state index contributed by atoms with van der Waals surface area (Å²) >= 11 is 0. The van der Waals surface area contributed by atoms with Crippen molar-refractivity contribution < 1.29 is 0 Å². The molecule has 0 saturated heterocycles. The molecule has 3 atom stereocenters. The molecule has 1 fully saturated rings. The van der Waals surface area contributed by atoms with Crippen LogP contribution in [0.25, 0.3) is 22.3 Å². The van der Waals surface area contributed by atoms with Gasteiger partial charge in [0.1, 0.15) is 0 Å². The molecule has 0 N–H and O–H groups in total. The zero-order chi connectivity index (χ0) is 20.4. The van der Waals surface area contributed by atoms with E-state index < -0.39 is 0 Å². The van der Waals surface area contributed by atoms with Crippen molar-refractivity contribution in [3.05, 3.63) is 119 Å². The van der Waals surface area contributed by atoms with Crippen LogP contribution in [0.2, 0.25) is 0 Å². The maximum Gasteiger partial charge on any atom is 0.0139 e. The van der Waals surface area contributed by atoms with Crippen LogP contribution in [0.4, 0.5) is 0 Å². The molecular weight excluding hydrogens is 372 g/mol. The van der Waals surface area contributed by atoms with Crippen molar-refractivity contribution in [2.45, 2.75) is 37.5 Å². The number of hydrogen-bond acceptors (Lipinski definition) is 0. The SMILES string of the molecule is c1cc2cc(c1)-c1ccccc1C1c3c(cccc3C3CCCC31)-c1cccc(c1)C2. The van der Waals surface area contributed by atoms with Crippen LogP contribution in [-0.4, -0.2) is 0 Å². The maximum absolute atomic E-state index is 2.43. The highest BCUT2D eigenvalue weighted by Gasteiger charge is 2.45. The lowest BCUT2D eigenvalue weighted by Gasteiger charge is -2.25. The van der Waals surface area contributed by atoms with Crippen LogP contribution in [0.5, 0.6) is 0 Å². The molecule has 0 amide bonds. The van der Waals surface area contributed by atoms with Crippen molar-refractivity contribution in [3.8, 4) is 22.3 Å². The second-order valence-electron chi connectivity index (χ2n) is 9.65. The Hall–Kier alpha value is -3.12. The second-order valence-corrected chi connectivity index (χ2v) is 9.65. The number of rotatable bonds is 0. The van der Waals surface area contributed by atoms with Crippen molar-refractivity contribution in [2.75, 3.05) is 0 Å². The van der Waals surface area contributed by atoms with E-state index in [9.17, 15) is 0 Å². The average molecular weight is 399 g/mol. The third-order valence-electron chi connectivity index (χ3n) is 8.03. The lowest BCUT2D eigenvalue weighted by atomic mass is 9.78. The Kier molecular flexibility index (Phi) is 3.79. The van der Waals surface area contributed by atoms with E-state index in [-0.39, 0.29) is 0 Å². The fourth-order valence-corrected chi connectivity index (χ4v) is 6.84. The van der Waals surface area contributed by atoms with Crippen LogP contribution in [-0.2, 0) is 6.42 Å². The number of benzene rings is 4.